The van der Waals surface area contributed by atoms with Crippen LogP contribution in [0.4, 0.5) is 4.39 Å². The van der Waals surface area contributed by atoms with Crippen LogP contribution in [0.25, 0.3) is 10.2 Å². The van der Waals surface area contributed by atoms with Crippen molar-refractivity contribution < 1.29 is 9.18 Å². The maximum Gasteiger partial charge on any atom is 0.254 e. The van der Waals surface area contributed by atoms with Gasteiger partial charge in [0.2, 0.25) is 0 Å². The fourth-order valence-electron chi connectivity index (χ4n) is 2.35. The van der Waals surface area contributed by atoms with Crippen molar-refractivity contribution in [1.82, 2.24) is 9.88 Å². The summed E-state index contributed by atoms with van der Waals surface area (Å²) in [5.41, 5.74) is 4.09. The summed E-state index contributed by atoms with van der Waals surface area (Å²) < 4.78 is 14.3. The molecule has 0 bridgehead atoms. The zero-order valence-electron chi connectivity index (χ0n) is 12.1. The first-order chi connectivity index (χ1) is 10.7. The van der Waals surface area contributed by atoms with E-state index in [0.29, 0.717) is 18.7 Å². The molecule has 0 N–H and O–H groups in total. The van der Waals surface area contributed by atoms with Gasteiger partial charge in [-0.2, -0.15) is 0 Å². The highest BCUT2D eigenvalue weighted by Gasteiger charge is 2.15. The highest BCUT2D eigenvalue weighted by molar-refractivity contribution is 7.16. The largest absolute Gasteiger partial charge is 0.335 e. The molecular formula is C17H15FN2OS. The molecule has 0 fully saturated rings. The number of hydrogen-bond donors (Lipinski definition) is 0. The van der Waals surface area contributed by atoms with E-state index in [1.54, 1.807) is 22.5 Å². The molecule has 0 radical (unpaired) electrons. The van der Waals surface area contributed by atoms with Gasteiger partial charge >= 0.3 is 0 Å². The van der Waals surface area contributed by atoms with Gasteiger partial charge in [0.1, 0.15) is 5.82 Å². The Balaban J connectivity index is 1.84. The summed E-state index contributed by atoms with van der Waals surface area (Å²) in [6, 6.07) is 11.9. The van der Waals surface area contributed by atoms with Gasteiger partial charge in [-0.3, -0.25) is 4.79 Å². The van der Waals surface area contributed by atoms with Gasteiger partial charge in [0.15, 0.2) is 0 Å². The van der Waals surface area contributed by atoms with Gasteiger partial charge in [-0.05, 0) is 42.8 Å². The smallest absolute Gasteiger partial charge is 0.254 e. The Morgan fingerprint density at radius 2 is 2.14 bits per heavy atom. The molecule has 0 saturated carbocycles. The van der Waals surface area contributed by atoms with Crippen molar-refractivity contribution in [2.45, 2.75) is 13.5 Å². The molecule has 0 aliphatic carbocycles. The number of nitrogens with zero attached hydrogens (tertiary/aromatic N) is 2. The summed E-state index contributed by atoms with van der Waals surface area (Å²) >= 11 is 1.51. The summed E-state index contributed by atoms with van der Waals surface area (Å²) in [7, 11) is 0. The molecule has 1 aromatic heterocycles. The van der Waals surface area contributed by atoms with Crippen LogP contribution in [0.3, 0.4) is 0 Å². The number of carbonyl (C=O) groups is 1. The van der Waals surface area contributed by atoms with E-state index >= 15 is 0 Å². The molecule has 0 aliphatic rings. The average molecular weight is 314 g/mol. The van der Waals surface area contributed by atoms with Crippen molar-refractivity contribution in [2.75, 3.05) is 6.54 Å². The molecule has 0 saturated heterocycles. The predicted octanol–water partition coefficient (Wildman–Crippen LogP) is 4.10. The third-order valence-electron chi connectivity index (χ3n) is 3.51. The minimum absolute atomic E-state index is 0.0536. The molecule has 3 nitrogen and oxygen atoms in total. The summed E-state index contributed by atoms with van der Waals surface area (Å²) in [4.78, 5) is 18.6. The van der Waals surface area contributed by atoms with Crippen LogP contribution in [0.5, 0.6) is 0 Å². The van der Waals surface area contributed by atoms with E-state index in [4.69, 9.17) is 0 Å². The summed E-state index contributed by atoms with van der Waals surface area (Å²) in [5.74, 6) is -0.339. The molecule has 3 rings (SSSR count). The van der Waals surface area contributed by atoms with E-state index in [2.05, 4.69) is 4.98 Å². The second kappa shape index (κ2) is 6.23. The number of amides is 1. The first-order valence-corrected chi connectivity index (χ1v) is 7.92. The van der Waals surface area contributed by atoms with Crippen molar-refractivity contribution in [2.24, 2.45) is 0 Å². The summed E-state index contributed by atoms with van der Waals surface area (Å²) in [5, 5.41) is 0. The van der Waals surface area contributed by atoms with Gasteiger partial charge in [0.25, 0.3) is 5.91 Å². The third kappa shape index (κ3) is 2.99. The molecule has 3 aromatic rings. The van der Waals surface area contributed by atoms with E-state index in [9.17, 15) is 9.18 Å². The van der Waals surface area contributed by atoms with E-state index in [-0.39, 0.29) is 11.7 Å². The minimum atomic E-state index is -0.285. The first kappa shape index (κ1) is 14.7. The number of benzene rings is 2. The van der Waals surface area contributed by atoms with Gasteiger partial charge in [-0.1, -0.05) is 12.1 Å². The van der Waals surface area contributed by atoms with Crippen LogP contribution in [-0.4, -0.2) is 22.3 Å². The number of rotatable bonds is 4. The highest BCUT2D eigenvalue weighted by Crippen LogP contribution is 2.20. The van der Waals surface area contributed by atoms with Crippen LogP contribution >= 0.6 is 11.3 Å². The first-order valence-electron chi connectivity index (χ1n) is 7.04. The van der Waals surface area contributed by atoms with Crippen LogP contribution in [0, 0.1) is 5.82 Å². The van der Waals surface area contributed by atoms with Crippen molar-refractivity contribution >= 4 is 27.5 Å². The lowest BCUT2D eigenvalue weighted by atomic mass is 10.1. The molecule has 0 atom stereocenters. The Bertz CT molecular complexity index is 815. The summed E-state index contributed by atoms with van der Waals surface area (Å²) in [6.45, 7) is 2.88. The Hall–Kier alpha value is -2.27. The fourth-order valence-corrected chi connectivity index (χ4v) is 3.07. The predicted molar refractivity (Wildman–Crippen MR) is 86.4 cm³/mol. The number of aromatic nitrogens is 1. The number of hydrogen-bond acceptors (Lipinski definition) is 3. The molecule has 112 valence electrons. The Kier molecular flexibility index (Phi) is 4.15. The van der Waals surface area contributed by atoms with Crippen LogP contribution in [0.2, 0.25) is 0 Å². The van der Waals surface area contributed by atoms with Crippen molar-refractivity contribution in [1.29, 1.82) is 0 Å². The monoisotopic (exact) mass is 314 g/mol. The van der Waals surface area contributed by atoms with Crippen LogP contribution in [0.15, 0.2) is 48.0 Å². The molecule has 1 amide bonds. The number of fused-ring (bicyclic) bond motifs is 1. The molecule has 1 heterocycles. The second-order valence-corrected chi connectivity index (χ2v) is 5.87. The normalized spacial score (nSPS) is 10.8. The molecular weight excluding hydrogens is 299 g/mol. The van der Waals surface area contributed by atoms with Gasteiger partial charge in [-0.15, -0.1) is 11.3 Å². The lowest BCUT2D eigenvalue weighted by Gasteiger charge is -2.21. The Labute approximate surface area is 132 Å². The molecule has 0 aliphatic heterocycles. The topological polar surface area (TPSA) is 33.2 Å². The Morgan fingerprint density at radius 1 is 1.27 bits per heavy atom. The van der Waals surface area contributed by atoms with Gasteiger partial charge in [0, 0.05) is 18.7 Å². The molecule has 0 spiro atoms. The standard InChI is InChI=1S/C17H15FN2OS/c1-2-20(10-12-4-3-5-14(18)8-12)17(21)13-6-7-15-16(9-13)22-11-19-15/h3-9,11H,2,10H2,1H3. The Morgan fingerprint density at radius 3 is 2.91 bits per heavy atom. The molecule has 2 aromatic carbocycles. The number of carbonyl (C=O) groups excluding carboxylic acids is 1. The van der Waals surface area contributed by atoms with Crippen molar-refractivity contribution in [3.8, 4) is 0 Å². The quantitative estimate of drug-likeness (QED) is 0.726. The lowest BCUT2D eigenvalue weighted by molar-refractivity contribution is 0.0752. The van der Waals surface area contributed by atoms with E-state index in [1.807, 2.05) is 25.1 Å². The van der Waals surface area contributed by atoms with E-state index in [1.165, 1.54) is 23.5 Å². The average Bonchev–Trinajstić information content (AvgIpc) is 2.99. The second-order valence-electron chi connectivity index (χ2n) is 4.98. The van der Waals surface area contributed by atoms with Crippen molar-refractivity contribution in [3.05, 3.63) is 64.9 Å². The minimum Gasteiger partial charge on any atom is -0.335 e. The van der Waals surface area contributed by atoms with Crippen molar-refractivity contribution in [3.63, 3.8) is 0 Å². The molecule has 0 unspecified atom stereocenters. The SMILES string of the molecule is CCN(Cc1cccc(F)c1)C(=O)c1ccc2ncsc2c1. The summed E-state index contributed by atoms with van der Waals surface area (Å²) in [6.07, 6.45) is 0. The highest BCUT2D eigenvalue weighted by atomic mass is 32.1. The van der Waals surface area contributed by atoms with E-state index < -0.39 is 0 Å². The van der Waals surface area contributed by atoms with Crippen LogP contribution in [-0.2, 0) is 6.54 Å². The van der Waals surface area contributed by atoms with Gasteiger partial charge in [-0.25, -0.2) is 9.37 Å². The molecule has 22 heavy (non-hydrogen) atoms. The maximum absolute atomic E-state index is 13.3. The lowest BCUT2D eigenvalue weighted by Crippen LogP contribution is -2.30. The number of thiazole rings is 1. The third-order valence-corrected chi connectivity index (χ3v) is 4.30. The van der Waals surface area contributed by atoms with Crippen LogP contribution < -0.4 is 0 Å². The maximum atomic E-state index is 13.3. The van der Waals surface area contributed by atoms with Gasteiger partial charge in [0.05, 0.1) is 15.7 Å². The van der Waals surface area contributed by atoms with Crippen LogP contribution in [0.1, 0.15) is 22.8 Å². The number of halogens is 1. The zero-order valence-corrected chi connectivity index (χ0v) is 12.9. The van der Waals surface area contributed by atoms with E-state index in [0.717, 1.165) is 15.8 Å². The zero-order chi connectivity index (χ0) is 15.5. The fraction of sp³-hybridized carbons (Fsp3) is 0.176. The molecule has 5 heteroatoms. The van der Waals surface area contributed by atoms with Gasteiger partial charge < -0.3 is 4.90 Å².